The van der Waals surface area contributed by atoms with Crippen molar-refractivity contribution in [3.63, 3.8) is 0 Å². The maximum atomic E-state index is 3.25. The zero-order valence-electron chi connectivity index (χ0n) is 5.91. The SMILES string of the molecule is C[C-](C)C.[CH2-]C.[Zn+2]. The minimum Gasteiger partial charge on any atom is -0.346 e. The van der Waals surface area contributed by atoms with E-state index in [0.29, 0.717) is 0 Å². The van der Waals surface area contributed by atoms with Gasteiger partial charge in [-0.15, -0.1) is 0 Å². The van der Waals surface area contributed by atoms with Gasteiger partial charge in [-0.2, -0.15) is 27.7 Å². The Kier molecular flexibility index (Phi) is 35.7. The fourth-order valence-electron chi connectivity index (χ4n) is 0. The molecule has 0 spiro atoms. The molecule has 0 aromatic carbocycles. The van der Waals surface area contributed by atoms with Gasteiger partial charge in [-0.1, -0.05) is 0 Å². The van der Waals surface area contributed by atoms with Crippen LogP contribution in [0.2, 0.25) is 0 Å². The van der Waals surface area contributed by atoms with E-state index in [1.807, 2.05) is 0 Å². The Morgan fingerprint density at radius 3 is 1.00 bits per heavy atom. The van der Waals surface area contributed by atoms with Crippen LogP contribution in [0.5, 0.6) is 0 Å². The van der Waals surface area contributed by atoms with Gasteiger partial charge >= 0.3 is 19.5 Å². The summed E-state index contributed by atoms with van der Waals surface area (Å²) in [4.78, 5) is 0. The molecule has 0 aromatic heterocycles. The molecule has 40 valence electrons. The minimum atomic E-state index is 0. The molecule has 0 saturated carbocycles. The largest absolute Gasteiger partial charge is 2.00 e. The molecule has 0 radical (unpaired) electrons. The average molecular weight is 152 g/mol. The predicted molar refractivity (Wildman–Crippen MR) is 31.3 cm³/mol. The van der Waals surface area contributed by atoms with Gasteiger partial charge < -0.3 is 12.8 Å². The second kappa shape index (κ2) is 16.0. The molecule has 0 aromatic rings. The van der Waals surface area contributed by atoms with Gasteiger partial charge in [0.1, 0.15) is 0 Å². The third-order valence-electron chi connectivity index (χ3n) is 0. The summed E-state index contributed by atoms with van der Waals surface area (Å²) in [5, 5.41) is 0. The first-order valence-electron chi connectivity index (χ1n) is 2.21. The summed E-state index contributed by atoms with van der Waals surface area (Å²) in [6.45, 7) is 11.2. The Bertz CT molecular complexity index is 8.90. The second-order valence-corrected chi connectivity index (χ2v) is 1.50. The van der Waals surface area contributed by atoms with E-state index in [-0.39, 0.29) is 19.5 Å². The van der Waals surface area contributed by atoms with Gasteiger partial charge in [-0.05, 0) is 0 Å². The van der Waals surface area contributed by atoms with E-state index in [1.54, 1.807) is 6.92 Å². The maximum Gasteiger partial charge on any atom is 2.00 e. The average Bonchev–Trinajstić information content (AvgIpc) is 1.41. The van der Waals surface area contributed by atoms with Crippen molar-refractivity contribution >= 4 is 0 Å². The fraction of sp³-hybridized carbons (Fsp3) is 0.667. The molecule has 0 nitrogen and oxygen atoms in total. The Hall–Kier alpha value is 0.623. The van der Waals surface area contributed by atoms with Crippen molar-refractivity contribution in [3.8, 4) is 0 Å². The van der Waals surface area contributed by atoms with Crippen LogP contribution >= 0.6 is 0 Å². The van der Waals surface area contributed by atoms with Crippen LogP contribution in [0.15, 0.2) is 0 Å². The monoisotopic (exact) mass is 150 g/mol. The Morgan fingerprint density at radius 1 is 1.00 bits per heavy atom. The van der Waals surface area contributed by atoms with Crippen molar-refractivity contribution in [1.82, 2.24) is 0 Å². The van der Waals surface area contributed by atoms with E-state index in [1.165, 1.54) is 5.92 Å². The van der Waals surface area contributed by atoms with Crippen LogP contribution in [0.4, 0.5) is 0 Å². The van der Waals surface area contributed by atoms with Crippen LogP contribution in [-0.2, 0) is 19.5 Å². The number of hydrogen-bond acceptors (Lipinski definition) is 0. The van der Waals surface area contributed by atoms with Crippen LogP contribution in [0.25, 0.3) is 0 Å². The zero-order chi connectivity index (χ0) is 5.58. The van der Waals surface area contributed by atoms with Gasteiger partial charge in [0.2, 0.25) is 0 Å². The van der Waals surface area contributed by atoms with Crippen molar-refractivity contribution in [2.45, 2.75) is 27.7 Å². The van der Waals surface area contributed by atoms with E-state index < -0.39 is 0 Å². The van der Waals surface area contributed by atoms with Crippen LogP contribution in [0.1, 0.15) is 27.7 Å². The summed E-state index contributed by atoms with van der Waals surface area (Å²) in [5.74, 6) is 1.42. The van der Waals surface area contributed by atoms with E-state index in [2.05, 4.69) is 27.7 Å². The Morgan fingerprint density at radius 2 is 1.00 bits per heavy atom. The molecule has 1 heteroatoms. The normalized spacial score (nSPS) is 6.00. The van der Waals surface area contributed by atoms with E-state index >= 15 is 0 Å². The topological polar surface area (TPSA) is 0 Å². The third-order valence-corrected chi connectivity index (χ3v) is 0. The van der Waals surface area contributed by atoms with Gasteiger partial charge in [0.05, 0.1) is 0 Å². The molecule has 0 aliphatic heterocycles. The summed E-state index contributed by atoms with van der Waals surface area (Å²) < 4.78 is 0. The zero-order valence-corrected chi connectivity index (χ0v) is 8.88. The van der Waals surface area contributed by atoms with Crippen molar-refractivity contribution in [2.75, 3.05) is 0 Å². The van der Waals surface area contributed by atoms with Gasteiger partial charge in [-0.25, -0.2) is 0 Å². The van der Waals surface area contributed by atoms with E-state index in [0.717, 1.165) is 0 Å². The maximum absolute atomic E-state index is 3.25. The summed E-state index contributed by atoms with van der Waals surface area (Å²) >= 11 is 0. The van der Waals surface area contributed by atoms with Gasteiger partial charge in [-0.3, -0.25) is 0 Å². The first-order valence-corrected chi connectivity index (χ1v) is 2.21. The second-order valence-electron chi connectivity index (χ2n) is 1.50. The van der Waals surface area contributed by atoms with Crippen LogP contribution in [-0.4, -0.2) is 0 Å². The van der Waals surface area contributed by atoms with Crippen molar-refractivity contribution in [3.05, 3.63) is 12.8 Å². The molecule has 0 fully saturated rings. The Labute approximate surface area is 60.5 Å². The summed E-state index contributed by atoms with van der Waals surface area (Å²) in [6.07, 6.45) is 0. The molecule has 0 aliphatic carbocycles. The molecule has 0 bridgehead atoms. The summed E-state index contributed by atoms with van der Waals surface area (Å²) in [5.41, 5.74) is 0. The van der Waals surface area contributed by atoms with Crippen molar-refractivity contribution < 1.29 is 19.5 Å². The van der Waals surface area contributed by atoms with E-state index in [4.69, 9.17) is 0 Å². The molecule has 0 N–H and O–H groups in total. The van der Waals surface area contributed by atoms with Crippen molar-refractivity contribution in [2.24, 2.45) is 0 Å². The Balaban J connectivity index is -0.0000000480. The van der Waals surface area contributed by atoms with Gasteiger partial charge in [0.25, 0.3) is 0 Å². The van der Waals surface area contributed by atoms with Crippen molar-refractivity contribution in [1.29, 1.82) is 0 Å². The molecule has 7 heavy (non-hydrogen) atoms. The quantitative estimate of drug-likeness (QED) is 0.369. The number of hydrogen-bond donors (Lipinski definition) is 0. The summed E-state index contributed by atoms with van der Waals surface area (Å²) in [7, 11) is 0. The molecule has 0 heterocycles. The van der Waals surface area contributed by atoms with Crippen LogP contribution < -0.4 is 0 Å². The molecule has 0 atom stereocenters. The van der Waals surface area contributed by atoms with Crippen LogP contribution in [0, 0.1) is 12.8 Å². The first kappa shape index (κ1) is 15.6. The van der Waals surface area contributed by atoms with Gasteiger partial charge in [0, 0.05) is 0 Å². The smallest absolute Gasteiger partial charge is 0.346 e. The fourth-order valence-corrected chi connectivity index (χ4v) is 0. The molecule has 0 aliphatic rings. The molecule has 0 amide bonds. The van der Waals surface area contributed by atoms with Crippen LogP contribution in [0.3, 0.4) is 0 Å². The standard InChI is InChI=1S/C4H9.C2H5.Zn/c1-4(2)3;1-2;/h1-3H3;1H2,2H3;/q2*-1;+2. The molecular formula is C6H14Zn. The molecular weight excluding hydrogens is 137 g/mol. The molecule has 0 rings (SSSR count). The third kappa shape index (κ3) is 364. The minimum absolute atomic E-state index is 0. The molecule has 0 unspecified atom stereocenters. The van der Waals surface area contributed by atoms with Gasteiger partial charge in [0.15, 0.2) is 0 Å². The first-order chi connectivity index (χ1) is 2.73. The summed E-state index contributed by atoms with van der Waals surface area (Å²) in [6, 6.07) is 0. The molecule has 0 saturated heterocycles. The number of rotatable bonds is 0. The van der Waals surface area contributed by atoms with E-state index in [9.17, 15) is 0 Å². The predicted octanol–water partition coefficient (Wildman–Crippen LogP) is 2.46.